The number of halogens is 2. The van der Waals surface area contributed by atoms with Crippen LogP contribution in [0.25, 0.3) is 0 Å². The highest BCUT2D eigenvalue weighted by molar-refractivity contribution is 6.31. The van der Waals surface area contributed by atoms with Crippen LogP contribution in [0.1, 0.15) is 38.2 Å². The Labute approximate surface area is 146 Å². The van der Waals surface area contributed by atoms with Gasteiger partial charge in [0.05, 0.1) is 6.54 Å². The number of rotatable bonds is 7. The first-order valence-electron chi connectivity index (χ1n) is 8.47. The molecule has 0 heterocycles. The summed E-state index contributed by atoms with van der Waals surface area (Å²) in [4.78, 5) is 26.0. The van der Waals surface area contributed by atoms with Crippen LogP contribution < -0.4 is 5.32 Å². The van der Waals surface area contributed by atoms with Gasteiger partial charge in [-0.2, -0.15) is 0 Å². The summed E-state index contributed by atoms with van der Waals surface area (Å²) in [6.07, 6.45) is 3.03. The zero-order valence-corrected chi connectivity index (χ0v) is 14.5. The highest BCUT2D eigenvalue weighted by atomic mass is 35.5. The van der Waals surface area contributed by atoms with E-state index >= 15 is 0 Å². The molecule has 0 radical (unpaired) electrons. The third-order valence-electron chi connectivity index (χ3n) is 4.78. The molecule has 2 aliphatic carbocycles. The van der Waals surface area contributed by atoms with Gasteiger partial charge >= 0.3 is 0 Å². The molecule has 2 unspecified atom stereocenters. The SMILES string of the molecule is CC1CC1C(=O)NCCC(=O)N(Cc1c(F)cccc1Cl)C1CC1. The molecular formula is C18H22ClFN2O2. The molecule has 1 N–H and O–H groups in total. The van der Waals surface area contributed by atoms with Crippen LogP contribution in [0.3, 0.4) is 0 Å². The van der Waals surface area contributed by atoms with Crippen molar-refractivity contribution in [3.63, 3.8) is 0 Å². The fourth-order valence-corrected chi connectivity index (χ4v) is 3.14. The molecule has 0 aliphatic heterocycles. The van der Waals surface area contributed by atoms with E-state index in [1.807, 2.05) is 6.92 Å². The van der Waals surface area contributed by atoms with E-state index in [2.05, 4.69) is 5.32 Å². The van der Waals surface area contributed by atoms with Crippen LogP contribution in [-0.2, 0) is 16.1 Å². The molecular weight excluding hydrogens is 331 g/mol. The fraction of sp³-hybridized carbons (Fsp3) is 0.556. The van der Waals surface area contributed by atoms with Gasteiger partial charge in [0.15, 0.2) is 0 Å². The number of benzene rings is 1. The average molecular weight is 353 g/mol. The van der Waals surface area contributed by atoms with E-state index in [-0.39, 0.29) is 36.7 Å². The Hall–Kier alpha value is -1.62. The van der Waals surface area contributed by atoms with Crippen molar-refractivity contribution >= 4 is 23.4 Å². The summed E-state index contributed by atoms with van der Waals surface area (Å²) in [6.45, 7) is 2.56. The van der Waals surface area contributed by atoms with Crippen LogP contribution in [0, 0.1) is 17.7 Å². The maximum Gasteiger partial charge on any atom is 0.224 e. The second-order valence-corrected chi connectivity index (χ2v) is 7.22. The third kappa shape index (κ3) is 4.07. The van der Waals surface area contributed by atoms with Crippen molar-refractivity contribution in [2.24, 2.45) is 11.8 Å². The first-order chi connectivity index (χ1) is 11.5. The van der Waals surface area contributed by atoms with Gasteiger partial charge in [0, 0.05) is 35.5 Å². The Morgan fingerprint density at radius 1 is 1.38 bits per heavy atom. The van der Waals surface area contributed by atoms with Crippen molar-refractivity contribution in [3.05, 3.63) is 34.6 Å². The molecule has 0 bridgehead atoms. The molecule has 0 aromatic heterocycles. The predicted molar refractivity (Wildman–Crippen MR) is 89.9 cm³/mol. The lowest BCUT2D eigenvalue weighted by Crippen LogP contribution is -2.36. The Bertz CT molecular complexity index is 628. The average Bonchev–Trinajstić information content (AvgIpc) is 3.43. The van der Waals surface area contributed by atoms with E-state index in [1.165, 1.54) is 6.07 Å². The number of carbonyl (C=O) groups is 2. The lowest BCUT2D eigenvalue weighted by molar-refractivity contribution is -0.132. The number of hydrogen-bond acceptors (Lipinski definition) is 2. The minimum Gasteiger partial charge on any atom is -0.355 e. The van der Waals surface area contributed by atoms with Crippen LogP contribution in [0.2, 0.25) is 5.02 Å². The molecule has 2 atom stereocenters. The lowest BCUT2D eigenvalue weighted by atomic mass is 10.2. The number of carbonyl (C=O) groups excluding carboxylic acids is 2. The summed E-state index contributed by atoms with van der Waals surface area (Å²) in [5.41, 5.74) is 0.357. The molecule has 2 amide bonds. The highest BCUT2D eigenvalue weighted by Gasteiger charge is 2.39. The van der Waals surface area contributed by atoms with Crippen molar-refractivity contribution in [1.29, 1.82) is 0 Å². The van der Waals surface area contributed by atoms with E-state index in [4.69, 9.17) is 11.6 Å². The van der Waals surface area contributed by atoms with Crippen LogP contribution in [0.5, 0.6) is 0 Å². The molecule has 3 rings (SSSR count). The molecule has 2 fully saturated rings. The molecule has 4 nitrogen and oxygen atoms in total. The Balaban J connectivity index is 1.55. The normalized spacial score (nSPS) is 22.1. The molecule has 130 valence electrons. The maximum absolute atomic E-state index is 14.0. The number of hydrogen-bond donors (Lipinski definition) is 1. The van der Waals surface area contributed by atoms with Gasteiger partial charge in [-0.1, -0.05) is 24.6 Å². The van der Waals surface area contributed by atoms with Gasteiger partial charge in [0.2, 0.25) is 11.8 Å². The second kappa shape index (κ2) is 7.09. The molecule has 0 saturated heterocycles. The van der Waals surface area contributed by atoms with Gasteiger partial charge in [-0.3, -0.25) is 9.59 Å². The number of nitrogens with zero attached hydrogens (tertiary/aromatic N) is 1. The van der Waals surface area contributed by atoms with Crippen LogP contribution in [0.15, 0.2) is 18.2 Å². The maximum atomic E-state index is 14.0. The first kappa shape index (κ1) is 17.2. The van der Waals surface area contributed by atoms with Crippen LogP contribution in [0.4, 0.5) is 4.39 Å². The first-order valence-corrected chi connectivity index (χ1v) is 8.85. The second-order valence-electron chi connectivity index (χ2n) is 6.81. The van der Waals surface area contributed by atoms with Gasteiger partial charge in [-0.15, -0.1) is 0 Å². The van der Waals surface area contributed by atoms with Crippen molar-refractivity contribution < 1.29 is 14.0 Å². The summed E-state index contributed by atoms with van der Waals surface area (Å²) in [6, 6.07) is 4.70. The van der Waals surface area contributed by atoms with E-state index < -0.39 is 5.82 Å². The Morgan fingerprint density at radius 3 is 2.67 bits per heavy atom. The Morgan fingerprint density at radius 2 is 2.08 bits per heavy atom. The fourth-order valence-electron chi connectivity index (χ4n) is 2.92. The van der Waals surface area contributed by atoms with Gasteiger partial charge in [0.1, 0.15) is 5.82 Å². The largest absolute Gasteiger partial charge is 0.355 e. The van der Waals surface area contributed by atoms with Crippen molar-refractivity contribution in [3.8, 4) is 0 Å². The summed E-state index contributed by atoms with van der Waals surface area (Å²) in [7, 11) is 0. The summed E-state index contributed by atoms with van der Waals surface area (Å²) >= 11 is 6.07. The van der Waals surface area contributed by atoms with E-state index in [1.54, 1.807) is 17.0 Å². The third-order valence-corrected chi connectivity index (χ3v) is 5.14. The van der Waals surface area contributed by atoms with E-state index in [0.717, 1.165) is 19.3 Å². The van der Waals surface area contributed by atoms with E-state index in [9.17, 15) is 14.0 Å². The monoisotopic (exact) mass is 352 g/mol. The zero-order valence-electron chi connectivity index (χ0n) is 13.7. The molecule has 6 heteroatoms. The molecule has 1 aromatic carbocycles. The van der Waals surface area contributed by atoms with Crippen molar-refractivity contribution in [1.82, 2.24) is 10.2 Å². The zero-order chi connectivity index (χ0) is 17.3. The topological polar surface area (TPSA) is 49.4 Å². The summed E-state index contributed by atoms with van der Waals surface area (Å²) in [5.74, 6) is 0.132. The quantitative estimate of drug-likeness (QED) is 0.819. The number of nitrogens with one attached hydrogen (secondary N) is 1. The minimum atomic E-state index is -0.392. The van der Waals surface area contributed by atoms with E-state index in [0.29, 0.717) is 23.0 Å². The number of amides is 2. The minimum absolute atomic E-state index is 0.0328. The molecule has 2 aliphatic rings. The van der Waals surface area contributed by atoms with Crippen molar-refractivity contribution in [2.75, 3.05) is 6.54 Å². The smallest absolute Gasteiger partial charge is 0.224 e. The standard InChI is InChI=1S/C18H22ClFN2O2/c1-11-9-13(11)18(24)21-8-7-17(23)22(12-5-6-12)10-14-15(19)3-2-4-16(14)20/h2-4,11-13H,5-10H2,1H3,(H,21,24). The molecule has 24 heavy (non-hydrogen) atoms. The molecule has 1 aromatic rings. The van der Waals surface area contributed by atoms with Crippen LogP contribution in [-0.4, -0.2) is 29.3 Å². The Kier molecular flexibility index (Phi) is 5.09. The van der Waals surface area contributed by atoms with Gasteiger partial charge in [-0.05, 0) is 37.3 Å². The van der Waals surface area contributed by atoms with Gasteiger partial charge in [0.25, 0.3) is 0 Å². The predicted octanol–water partition coefficient (Wildman–Crippen LogP) is 3.13. The molecule has 0 spiro atoms. The summed E-state index contributed by atoms with van der Waals surface area (Å²) < 4.78 is 14.0. The van der Waals surface area contributed by atoms with Crippen molar-refractivity contribution in [2.45, 2.75) is 45.2 Å². The van der Waals surface area contributed by atoms with Gasteiger partial charge < -0.3 is 10.2 Å². The van der Waals surface area contributed by atoms with Crippen LogP contribution >= 0.6 is 11.6 Å². The molecule has 2 saturated carbocycles. The highest BCUT2D eigenvalue weighted by Crippen LogP contribution is 2.37. The van der Waals surface area contributed by atoms with Gasteiger partial charge in [-0.25, -0.2) is 4.39 Å². The lowest BCUT2D eigenvalue weighted by Gasteiger charge is -2.23. The summed E-state index contributed by atoms with van der Waals surface area (Å²) in [5, 5.41) is 3.16.